The topological polar surface area (TPSA) is 26.0 Å². The third-order valence-electron chi connectivity index (χ3n) is 3.18. The Morgan fingerprint density at radius 3 is 2.05 bits per heavy atom. The van der Waals surface area contributed by atoms with Crippen molar-refractivity contribution in [2.75, 3.05) is 0 Å². The van der Waals surface area contributed by atoms with Crippen LogP contribution in [0, 0.1) is 6.92 Å². The van der Waals surface area contributed by atoms with Crippen LogP contribution in [-0.4, -0.2) is 0 Å². The molecule has 0 aliphatic rings. The van der Waals surface area contributed by atoms with E-state index in [-0.39, 0.29) is 0 Å². The van der Waals surface area contributed by atoms with Gasteiger partial charge in [0.1, 0.15) is 0 Å². The first-order valence-electron chi connectivity index (χ1n) is 7.58. The van der Waals surface area contributed by atoms with E-state index in [0.29, 0.717) is 0 Å². The highest BCUT2D eigenvalue weighted by Gasteiger charge is 2.03. The van der Waals surface area contributed by atoms with Gasteiger partial charge in [0.15, 0.2) is 0 Å². The standard InChI is InChI=1S/C14H17N.C7H12/c1-4-8-14(15)12(5-2)13-10-7-6-9-11(13)3;1-4-6-7(3)5-2/h4-10H,2,15H2,1,3H3;4-6H,1-3H3/b8-4-,14-12-;6-4-,7-5-. The first-order valence-corrected chi connectivity index (χ1v) is 7.58. The number of hydrogen-bond acceptors (Lipinski definition) is 1. The molecule has 1 aromatic rings. The summed E-state index contributed by atoms with van der Waals surface area (Å²) in [5.74, 6) is 0. The lowest BCUT2D eigenvalue weighted by Crippen LogP contribution is -1.99. The van der Waals surface area contributed by atoms with E-state index in [0.717, 1.165) is 16.8 Å². The molecule has 0 fully saturated rings. The van der Waals surface area contributed by atoms with Crippen LogP contribution in [0.4, 0.5) is 0 Å². The van der Waals surface area contributed by atoms with Crippen LogP contribution in [0.2, 0.25) is 0 Å². The first-order chi connectivity index (χ1) is 10.5. The van der Waals surface area contributed by atoms with Gasteiger partial charge in [-0.1, -0.05) is 66.8 Å². The summed E-state index contributed by atoms with van der Waals surface area (Å²) in [6.07, 6.45) is 11.8. The van der Waals surface area contributed by atoms with Gasteiger partial charge in [-0.25, -0.2) is 0 Å². The Labute approximate surface area is 136 Å². The second-order valence-corrected chi connectivity index (χ2v) is 4.92. The van der Waals surface area contributed by atoms with Crippen molar-refractivity contribution in [1.29, 1.82) is 0 Å². The van der Waals surface area contributed by atoms with Gasteiger partial charge in [0.05, 0.1) is 0 Å². The number of rotatable bonds is 4. The molecule has 118 valence electrons. The summed E-state index contributed by atoms with van der Waals surface area (Å²) >= 11 is 0. The lowest BCUT2D eigenvalue weighted by Gasteiger charge is -2.08. The lowest BCUT2D eigenvalue weighted by molar-refractivity contribution is 1.37. The molecular weight excluding hydrogens is 266 g/mol. The van der Waals surface area contributed by atoms with E-state index in [9.17, 15) is 0 Å². The van der Waals surface area contributed by atoms with E-state index in [2.05, 4.69) is 44.7 Å². The van der Waals surface area contributed by atoms with E-state index in [1.54, 1.807) is 6.08 Å². The Balaban J connectivity index is 0.000000534. The zero-order chi connectivity index (χ0) is 17.0. The lowest BCUT2D eigenvalue weighted by atomic mass is 9.99. The van der Waals surface area contributed by atoms with Crippen LogP contribution in [0.25, 0.3) is 5.57 Å². The van der Waals surface area contributed by atoms with E-state index in [4.69, 9.17) is 5.73 Å². The van der Waals surface area contributed by atoms with Gasteiger partial charge in [-0.05, 0) is 51.8 Å². The molecule has 0 aliphatic heterocycles. The van der Waals surface area contributed by atoms with Gasteiger partial charge in [-0.3, -0.25) is 0 Å². The van der Waals surface area contributed by atoms with Crippen molar-refractivity contribution in [2.45, 2.75) is 34.6 Å². The summed E-state index contributed by atoms with van der Waals surface area (Å²) in [5.41, 5.74) is 11.4. The molecule has 0 aromatic heterocycles. The highest BCUT2D eigenvalue weighted by Crippen LogP contribution is 2.21. The van der Waals surface area contributed by atoms with Gasteiger partial charge in [0.2, 0.25) is 0 Å². The predicted molar refractivity (Wildman–Crippen MR) is 102 cm³/mol. The summed E-state index contributed by atoms with van der Waals surface area (Å²) in [7, 11) is 0. The van der Waals surface area contributed by atoms with E-state index in [1.165, 1.54) is 11.1 Å². The maximum atomic E-state index is 5.96. The molecule has 22 heavy (non-hydrogen) atoms. The van der Waals surface area contributed by atoms with Crippen molar-refractivity contribution in [2.24, 2.45) is 5.73 Å². The number of nitrogens with two attached hydrogens (primary N) is 1. The fourth-order valence-electron chi connectivity index (χ4n) is 1.89. The number of aryl methyl sites for hydroxylation is 1. The zero-order valence-corrected chi connectivity index (χ0v) is 14.6. The van der Waals surface area contributed by atoms with Crippen molar-refractivity contribution in [3.05, 3.63) is 89.7 Å². The summed E-state index contributed by atoms with van der Waals surface area (Å²) in [6.45, 7) is 14.0. The molecule has 0 bridgehead atoms. The minimum Gasteiger partial charge on any atom is -0.398 e. The van der Waals surface area contributed by atoms with Crippen LogP contribution in [-0.2, 0) is 0 Å². The van der Waals surface area contributed by atoms with Crippen molar-refractivity contribution in [1.82, 2.24) is 0 Å². The molecule has 0 saturated carbocycles. The van der Waals surface area contributed by atoms with E-state index >= 15 is 0 Å². The number of benzene rings is 1. The second-order valence-electron chi connectivity index (χ2n) is 4.92. The molecule has 1 aromatic carbocycles. The molecule has 1 heteroatoms. The molecule has 0 radical (unpaired) electrons. The molecule has 2 N–H and O–H groups in total. The molecule has 0 atom stereocenters. The van der Waals surface area contributed by atoms with Crippen LogP contribution in [0.5, 0.6) is 0 Å². The highest BCUT2D eigenvalue weighted by molar-refractivity contribution is 5.79. The largest absolute Gasteiger partial charge is 0.398 e. The van der Waals surface area contributed by atoms with Gasteiger partial charge < -0.3 is 5.73 Å². The maximum absolute atomic E-state index is 5.96. The maximum Gasteiger partial charge on any atom is 0.0390 e. The molecule has 0 unspecified atom stereocenters. The van der Waals surface area contributed by atoms with Crippen LogP contribution in [0.1, 0.15) is 38.8 Å². The Morgan fingerprint density at radius 2 is 1.64 bits per heavy atom. The van der Waals surface area contributed by atoms with Crippen LogP contribution in [0.15, 0.2) is 78.6 Å². The Bertz CT molecular complexity index is 584. The van der Waals surface area contributed by atoms with Crippen LogP contribution in [0.3, 0.4) is 0 Å². The minimum atomic E-state index is 0.752. The Hall–Kier alpha value is -2.28. The third-order valence-corrected chi connectivity index (χ3v) is 3.18. The summed E-state index contributed by atoms with van der Waals surface area (Å²) in [4.78, 5) is 0. The quantitative estimate of drug-likeness (QED) is 0.682. The Morgan fingerprint density at radius 1 is 1.05 bits per heavy atom. The number of allylic oxidation sites excluding steroid dienone is 8. The van der Waals surface area contributed by atoms with E-state index < -0.39 is 0 Å². The smallest absolute Gasteiger partial charge is 0.0390 e. The highest BCUT2D eigenvalue weighted by atomic mass is 14.6. The van der Waals surface area contributed by atoms with Crippen molar-refractivity contribution in [3.63, 3.8) is 0 Å². The van der Waals surface area contributed by atoms with Crippen molar-refractivity contribution >= 4 is 5.57 Å². The minimum absolute atomic E-state index is 0.752. The predicted octanol–water partition coefficient (Wildman–Crippen LogP) is 5.96. The Kier molecular flexibility index (Phi) is 10.2. The summed E-state index contributed by atoms with van der Waals surface area (Å²) < 4.78 is 0. The molecule has 1 rings (SSSR count). The molecule has 0 heterocycles. The van der Waals surface area contributed by atoms with Crippen LogP contribution >= 0.6 is 0 Å². The molecular formula is C21H29N. The fourth-order valence-corrected chi connectivity index (χ4v) is 1.89. The van der Waals surface area contributed by atoms with Crippen molar-refractivity contribution in [3.8, 4) is 0 Å². The first kappa shape index (κ1) is 19.7. The molecule has 1 nitrogen and oxygen atoms in total. The second kappa shape index (κ2) is 11.4. The van der Waals surface area contributed by atoms with E-state index in [1.807, 2.05) is 51.1 Å². The summed E-state index contributed by atoms with van der Waals surface area (Å²) in [5, 5.41) is 0. The van der Waals surface area contributed by atoms with Gasteiger partial charge in [-0.15, -0.1) is 0 Å². The molecule has 0 amide bonds. The summed E-state index contributed by atoms with van der Waals surface area (Å²) in [6, 6.07) is 8.16. The average molecular weight is 295 g/mol. The van der Waals surface area contributed by atoms with Gasteiger partial charge in [0.25, 0.3) is 0 Å². The molecule has 0 spiro atoms. The third kappa shape index (κ3) is 6.94. The monoisotopic (exact) mass is 295 g/mol. The fraction of sp³-hybridized carbons (Fsp3) is 0.238. The molecule has 0 saturated heterocycles. The van der Waals surface area contributed by atoms with Crippen molar-refractivity contribution < 1.29 is 0 Å². The van der Waals surface area contributed by atoms with Gasteiger partial charge >= 0.3 is 0 Å². The number of hydrogen-bond donors (Lipinski definition) is 1. The SMILES string of the molecule is C/C=C\C(C)=C/C.C=C/C(=C(N)\C=C/C)c1ccccc1C. The average Bonchev–Trinajstić information content (AvgIpc) is 2.51. The zero-order valence-electron chi connectivity index (χ0n) is 14.6. The van der Waals surface area contributed by atoms with Crippen LogP contribution < -0.4 is 5.73 Å². The van der Waals surface area contributed by atoms with Gasteiger partial charge in [0, 0.05) is 11.3 Å². The van der Waals surface area contributed by atoms with Gasteiger partial charge in [-0.2, -0.15) is 0 Å². The normalized spacial score (nSPS) is 12.9. The molecule has 0 aliphatic carbocycles.